The Labute approximate surface area is 141 Å². The third kappa shape index (κ3) is 2.46. The van der Waals surface area contributed by atoms with Crippen molar-refractivity contribution in [3.8, 4) is 5.75 Å². The fourth-order valence-corrected chi connectivity index (χ4v) is 4.26. The van der Waals surface area contributed by atoms with Crippen LogP contribution in [0.4, 0.5) is 0 Å². The molecule has 0 radical (unpaired) electrons. The molecule has 1 aliphatic heterocycles. The fourth-order valence-electron chi connectivity index (χ4n) is 4.26. The Balaban J connectivity index is 1.41. The summed E-state index contributed by atoms with van der Waals surface area (Å²) in [5.74, 6) is 0.0441. The number of carboxylic acids is 1. The Morgan fingerprint density at radius 1 is 1.08 bits per heavy atom. The highest BCUT2D eigenvalue weighted by Crippen LogP contribution is 2.66. The summed E-state index contributed by atoms with van der Waals surface area (Å²) < 4.78 is 5.84. The van der Waals surface area contributed by atoms with E-state index in [0.717, 1.165) is 6.42 Å². The molecular weight excluding hydrogens is 306 g/mol. The molecule has 1 spiro atoms. The van der Waals surface area contributed by atoms with Crippen molar-refractivity contribution in [2.45, 2.75) is 44.1 Å². The second kappa shape index (κ2) is 5.50. The zero-order chi connectivity index (χ0) is 16.8. The van der Waals surface area contributed by atoms with Gasteiger partial charge in [0.05, 0.1) is 0 Å². The molecule has 1 aromatic carbocycles. The number of amides is 1. The predicted octanol–water partition coefficient (Wildman–Crippen LogP) is 2.70. The molecule has 1 saturated heterocycles. The van der Waals surface area contributed by atoms with Gasteiger partial charge in [-0.1, -0.05) is 24.6 Å². The average Bonchev–Trinajstić information content (AvgIpc) is 3.32. The number of likely N-dealkylation sites (tertiary alicyclic amines) is 1. The molecule has 1 aromatic rings. The summed E-state index contributed by atoms with van der Waals surface area (Å²) >= 11 is 0. The molecule has 0 unspecified atom stereocenters. The van der Waals surface area contributed by atoms with Crippen molar-refractivity contribution in [1.29, 1.82) is 0 Å². The highest BCUT2D eigenvalue weighted by atomic mass is 16.5. The smallest absolute Gasteiger partial charge is 0.348 e. The van der Waals surface area contributed by atoms with Crippen LogP contribution in [0.2, 0.25) is 0 Å². The van der Waals surface area contributed by atoms with Gasteiger partial charge >= 0.3 is 5.97 Å². The number of hydrogen-bond donors (Lipinski definition) is 1. The van der Waals surface area contributed by atoms with Crippen molar-refractivity contribution in [3.63, 3.8) is 0 Å². The van der Waals surface area contributed by atoms with Crippen LogP contribution in [0.25, 0.3) is 0 Å². The Bertz CT molecular complexity index is 645. The van der Waals surface area contributed by atoms with Crippen molar-refractivity contribution >= 4 is 11.9 Å². The zero-order valence-corrected chi connectivity index (χ0v) is 13.7. The van der Waals surface area contributed by atoms with Gasteiger partial charge in [0.25, 0.3) is 0 Å². The highest BCUT2D eigenvalue weighted by molar-refractivity contribution is 5.84. The first-order valence-electron chi connectivity index (χ1n) is 8.81. The second-order valence-electron chi connectivity index (χ2n) is 7.51. The van der Waals surface area contributed by atoms with Gasteiger partial charge in [0.1, 0.15) is 5.75 Å². The predicted molar refractivity (Wildman–Crippen MR) is 87.6 cm³/mol. The Kier molecular flexibility index (Phi) is 3.55. The molecule has 128 valence electrons. The fraction of sp³-hybridized carbons (Fsp3) is 0.579. The van der Waals surface area contributed by atoms with E-state index in [2.05, 4.69) is 0 Å². The number of nitrogens with zero attached hydrogens (tertiary/aromatic N) is 1. The van der Waals surface area contributed by atoms with Gasteiger partial charge in [-0.3, -0.25) is 4.79 Å². The SMILES string of the molecule is O=C([C@H]1CC12CCC2)N1CCC(Oc2ccccc2)(C(=O)O)CC1. The van der Waals surface area contributed by atoms with E-state index in [9.17, 15) is 14.7 Å². The summed E-state index contributed by atoms with van der Waals surface area (Å²) in [7, 11) is 0. The summed E-state index contributed by atoms with van der Waals surface area (Å²) in [6.45, 7) is 0.926. The first-order chi connectivity index (χ1) is 11.5. The first-order valence-corrected chi connectivity index (χ1v) is 8.81. The summed E-state index contributed by atoms with van der Waals surface area (Å²) in [5, 5.41) is 9.70. The van der Waals surface area contributed by atoms with Crippen LogP contribution < -0.4 is 4.74 Å². The molecule has 3 fully saturated rings. The van der Waals surface area contributed by atoms with Crippen LogP contribution >= 0.6 is 0 Å². The molecule has 3 aliphatic rings. The molecule has 1 atom stereocenters. The number of para-hydroxylation sites is 1. The Hall–Kier alpha value is -2.04. The summed E-state index contributed by atoms with van der Waals surface area (Å²) in [6, 6.07) is 9.07. The van der Waals surface area contributed by atoms with Crippen molar-refractivity contribution in [3.05, 3.63) is 30.3 Å². The molecule has 1 heterocycles. The number of hydrogen-bond acceptors (Lipinski definition) is 3. The van der Waals surface area contributed by atoms with Crippen LogP contribution in [0.15, 0.2) is 30.3 Å². The molecule has 0 bridgehead atoms. The van der Waals surface area contributed by atoms with E-state index in [4.69, 9.17) is 4.74 Å². The topological polar surface area (TPSA) is 66.8 Å². The van der Waals surface area contributed by atoms with Gasteiger partial charge in [-0.15, -0.1) is 0 Å². The minimum Gasteiger partial charge on any atom is -0.478 e. The van der Waals surface area contributed by atoms with Gasteiger partial charge < -0.3 is 14.7 Å². The second-order valence-corrected chi connectivity index (χ2v) is 7.51. The highest BCUT2D eigenvalue weighted by Gasteiger charge is 2.62. The van der Waals surface area contributed by atoms with Crippen molar-refractivity contribution < 1.29 is 19.4 Å². The maximum absolute atomic E-state index is 12.6. The summed E-state index contributed by atoms with van der Waals surface area (Å²) in [6.07, 6.45) is 5.33. The van der Waals surface area contributed by atoms with Gasteiger partial charge in [-0.05, 0) is 36.8 Å². The van der Waals surface area contributed by atoms with E-state index < -0.39 is 11.6 Å². The third-order valence-electron chi connectivity index (χ3n) is 6.17. The van der Waals surface area contributed by atoms with Crippen LogP contribution in [0, 0.1) is 11.3 Å². The minimum atomic E-state index is -1.23. The quantitative estimate of drug-likeness (QED) is 0.922. The molecule has 5 heteroatoms. The number of carbonyl (C=O) groups is 2. The van der Waals surface area contributed by atoms with Gasteiger partial charge in [0.15, 0.2) is 0 Å². The molecule has 1 amide bonds. The van der Waals surface area contributed by atoms with E-state index in [1.54, 1.807) is 12.1 Å². The number of carbonyl (C=O) groups excluding carboxylic acids is 1. The number of ether oxygens (including phenoxy) is 1. The lowest BCUT2D eigenvalue weighted by Crippen LogP contribution is -2.54. The maximum atomic E-state index is 12.6. The van der Waals surface area contributed by atoms with Crippen LogP contribution in [0.1, 0.15) is 38.5 Å². The molecule has 24 heavy (non-hydrogen) atoms. The molecule has 2 saturated carbocycles. The normalized spacial score (nSPS) is 26.5. The van der Waals surface area contributed by atoms with Crippen LogP contribution in [-0.4, -0.2) is 40.6 Å². The van der Waals surface area contributed by atoms with Gasteiger partial charge in [-0.2, -0.15) is 0 Å². The Morgan fingerprint density at radius 3 is 2.25 bits per heavy atom. The molecule has 4 rings (SSSR count). The zero-order valence-electron chi connectivity index (χ0n) is 13.7. The molecule has 5 nitrogen and oxygen atoms in total. The Morgan fingerprint density at radius 2 is 1.75 bits per heavy atom. The van der Waals surface area contributed by atoms with Crippen LogP contribution in [0.5, 0.6) is 5.75 Å². The summed E-state index contributed by atoms with van der Waals surface area (Å²) in [5.41, 5.74) is -0.908. The number of carboxylic acid groups (broad SMARTS) is 1. The summed E-state index contributed by atoms with van der Waals surface area (Å²) in [4.78, 5) is 26.3. The van der Waals surface area contributed by atoms with E-state index in [-0.39, 0.29) is 11.8 Å². The first kappa shape index (κ1) is 15.5. The standard InChI is InChI=1S/C19H23NO4/c21-16(15-13-18(15)7-4-8-18)20-11-9-19(10-12-20,17(22)23)24-14-5-2-1-3-6-14/h1-3,5-6,15H,4,7-13H2,(H,22,23)/t15-/m1/s1. The number of aliphatic carboxylic acids is 1. The van der Waals surface area contributed by atoms with E-state index in [0.29, 0.717) is 37.1 Å². The molecule has 1 N–H and O–H groups in total. The van der Waals surface area contributed by atoms with Gasteiger partial charge in [0, 0.05) is 31.8 Å². The van der Waals surface area contributed by atoms with E-state index >= 15 is 0 Å². The van der Waals surface area contributed by atoms with Crippen LogP contribution in [-0.2, 0) is 9.59 Å². The monoisotopic (exact) mass is 329 g/mol. The van der Waals surface area contributed by atoms with Gasteiger partial charge in [-0.25, -0.2) is 4.79 Å². The molecular formula is C19H23NO4. The maximum Gasteiger partial charge on any atom is 0.348 e. The third-order valence-corrected chi connectivity index (χ3v) is 6.17. The molecule has 2 aliphatic carbocycles. The van der Waals surface area contributed by atoms with E-state index in [1.807, 2.05) is 23.1 Å². The lowest BCUT2D eigenvalue weighted by Gasteiger charge is -2.39. The lowest BCUT2D eigenvalue weighted by atomic mass is 9.79. The van der Waals surface area contributed by atoms with Gasteiger partial charge in [0.2, 0.25) is 11.5 Å². The number of piperidine rings is 1. The molecule has 0 aromatic heterocycles. The average molecular weight is 329 g/mol. The van der Waals surface area contributed by atoms with Crippen molar-refractivity contribution in [1.82, 2.24) is 4.90 Å². The van der Waals surface area contributed by atoms with Crippen molar-refractivity contribution in [2.24, 2.45) is 11.3 Å². The lowest BCUT2D eigenvalue weighted by molar-refractivity contribution is -0.162. The minimum absolute atomic E-state index is 0.193. The van der Waals surface area contributed by atoms with E-state index in [1.165, 1.54) is 19.3 Å². The van der Waals surface area contributed by atoms with Crippen molar-refractivity contribution in [2.75, 3.05) is 13.1 Å². The number of rotatable bonds is 4. The van der Waals surface area contributed by atoms with Crippen LogP contribution in [0.3, 0.4) is 0 Å². The number of benzene rings is 1. The largest absolute Gasteiger partial charge is 0.478 e.